The lowest BCUT2D eigenvalue weighted by Crippen LogP contribution is -2.60. The summed E-state index contributed by atoms with van der Waals surface area (Å²) in [5, 5.41) is 7.94. The second kappa shape index (κ2) is 4.98. The molecule has 2 N–H and O–H groups in total. The van der Waals surface area contributed by atoms with Gasteiger partial charge < -0.3 is 10.6 Å². The van der Waals surface area contributed by atoms with Crippen molar-refractivity contribution in [2.45, 2.75) is 51.0 Å². The number of hydrogen-bond donors (Lipinski definition) is 2. The van der Waals surface area contributed by atoms with Crippen LogP contribution in [0.1, 0.15) is 44.1 Å². The molecule has 4 saturated carbocycles. The summed E-state index contributed by atoms with van der Waals surface area (Å²) >= 11 is 5.61. The predicted octanol–water partition coefficient (Wildman–Crippen LogP) is 4.25. The highest BCUT2D eigenvalue weighted by Crippen LogP contribution is 2.55. The van der Waals surface area contributed by atoms with E-state index in [1.807, 2.05) is 0 Å². The van der Waals surface area contributed by atoms with Crippen LogP contribution in [0.3, 0.4) is 0 Å². The molecule has 5 rings (SSSR count). The van der Waals surface area contributed by atoms with Crippen LogP contribution in [0.5, 0.6) is 0 Å². The Morgan fingerprint density at radius 2 is 1.62 bits per heavy atom. The fraction of sp³-hybridized carbons (Fsp3) is 0.611. The molecule has 0 spiro atoms. The van der Waals surface area contributed by atoms with E-state index in [2.05, 4.69) is 41.8 Å². The van der Waals surface area contributed by atoms with E-state index in [-0.39, 0.29) is 0 Å². The number of aryl methyl sites for hydroxylation is 1. The molecule has 2 nitrogen and oxygen atoms in total. The van der Waals surface area contributed by atoms with Gasteiger partial charge in [0.1, 0.15) is 0 Å². The van der Waals surface area contributed by atoms with E-state index in [0.29, 0.717) is 5.54 Å². The summed E-state index contributed by atoms with van der Waals surface area (Å²) in [5.74, 6) is 2.85. The quantitative estimate of drug-likeness (QED) is 0.798. The monoisotopic (exact) mass is 300 g/mol. The molecule has 1 aromatic carbocycles. The van der Waals surface area contributed by atoms with E-state index in [4.69, 9.17) is 12.2 Å². The van der Waals surface area contributed by atoms with Crippen molar-refractivity contribution < 1.29 is 0 Å². The average molecular weight is 300 g/mol. The lowest BCUT2D eigenvalue weighted by atomic mass is 9.53. The molecule has 4 fully saturated rings. The lowest BCUT2D eigenvalue weighted by molar-refractivity contribution is -0.00972. The van der Waals surface area contributed by atoms with Gasteiger partial charge in [0.15, 0.2) is 5.11 Å². The molecular formula is C18H24N2S. The Morgan fingerprint density at radius 3 is 2.19 bits per heavy atom. The zero-order chi connectivity index (χ0) is 14.4. The fourth-order valence-electron chi connectivity index (χ4n) is 5.37. The van der Waals surface area contributed by atoms with Gasteiger partial charge in [-0.2, -0.15) is 0 Å². The highest BCUT2D eigenvalue weighted by Gasteiger charge is 2.51. The SMILES string of the molecule is Cc1ccccc1NC(=S)NC12CC3CC(CC(C3)C1)C2. The van der Waals surface area contributed by atoms with Gasteiger partial charge in [-0.1, -0.05) is 18.2 Å². The zero-order valence-electron chi connectivity index (χ0n) is 12.7. The van der Waals surface area contributed by atoms with E-state index >= 15 is 0 Å². The summed E-state index contributed by atoms with van der Waals surface area (Å²) in [7, 11) is 0. The summed E-state index contributed by atoms with van der Waals surface area (Å²) in [5.41, 5.74) is 2.66. The topological polar surface area (TPSA) is 24.1 Å². The molecule has 0 aromatic heterocycles. The third-order valence-electron chi connectivity index (χ3n) is 5.81. The Kier molecular flexibility index (Phi) is 3.21. The minimum atomic E-state index is 0.293. The van der Waals surface area contributed by atoms with Crippen LogP contribution in [0, 0.1) is 24.7 Å². The molecule has 0 amide bonds. The van der Waals surface area contributed by atoms with Gasteiger partial charge in [-0.3, -0.25) is 0 Å². The van der Waals surface area contributed by atoms with Crippen LogP contribution in [-0.4, -0.2) is 10.7 Å². The highest BCUT2D eigenvalue weighted by atomic mass is 32.1. The summed E-state index contributed by atoms with van der Waals surface area (Å²) in [6.07, 6.45) is 8.40. The van der Waals surface area contributed by atoms with Crippen LogP contribution in [0.15, 0.2) is 24.3 Å². The molecule has 3 heteroatoms. The zero-order valence-corrected chi connectivity index (χ0v) is 13.5. The summed E-state index contributed by atoms with van der Waals surface area (Å²) in [4.78, 5) is 0. The van der Waals surface area contributed by atoms with Crippen LogP contribution in [-0.2, 0) is 0 Å². The van der Waals surface area contributed by atoms with Gasteiger partial charge in [-0.05, 0) is 87.1 Å². The lowest BCUT2D eigenvalue weighted by Gasteiger charge is -2.57. The first-order valence-electron chi connectivity index (χ1n) is 8.27. The van der Waals surface area contributed by atoms with Crippen molar-refractivity contribution in [3.8, 4) is 0 Å². The van der Waals surface area contributed by atoms with E-state index < -0.39 is 0 Å². The van der Waals surface area contributed by atoms with Crippen LogP contribution in [0.4, 0.5) is 5.69 Å². The van der Waals surface area contributed by atoms with Crippen LogP contribution in [0.25, 0.3) is 0 Å². The molecule has 21 heavy (non-hydrogen) atoms. The number of thiocarbonyl (C=S) groups is 1. The smallest absolute Gasteiger partial charge is 0.171 e. The Bertz CT molecular complexity index is 531. The molecule has 1 aromatic rings. The maximum Gasteiger partial charge on any atom is 0.171 e. The largest absolute Gasteiger partial charge is 0.357 e. The first kappa shape index (κ1) is 13.6. The van der Waals surface area contributed by atoms with Crippen molar-refractivity contribution in [1.29, 1.82) is 0 Å². The van der Waals surface area contributed by atoms with E-state index in [1.54, 1.807) is 0 Å². The summed E-state index contributed by atoms with van der Waals surface area (Å²) < 4.78 is 0. The third kappa shape index (κ3) is 2.57. The average Bonchev–Trinajstić information content (AvgIpc) is 2.39. The van der Waals surface area contributed by atoms with Crippen LogP contribution >= 0.6 is 12.2 Å². The second-order valence-corrected chi connectivity index (χ2v) is 8.00. The van der Waals surface area contributed by atoms with Gasteiger partial charge in [0.25, 0.3) is 0 Å². The van der Waals surface area contributed by atoms with Gasteiger partial charge in [-0.25, -0.2) is 0 Å². The number of nitrogens with one attached hydrogen (secondary N) is 2. The Morgan fingerprint density at radius 1 is 1.05 bits per heavy atom. The molecule has 0 unspecified atom stereocenters. The van der Waals surface area contributed by atoms with Gasteiger partial charge >= 0.3 is 0 Å². The van der Waals surface area contributed by atoms with Gasteiger partial charge in [0, 0.05) is 11.2 Å². The molecular weight excluding hydrogens is 276 g/mol. The Hall–Kier alpha value is -1.09. The number of para-hydroxylation sites is 1. The minimum absolute atomic E-state index is 0.293. The van der Waals surface area contributed by atoms with Crippen LogP contribution in [0.2, 0.25) is 0 Å². The van der Waals surface area contributed by atoms with Crippen molar-refractivity contribution in [1.82, 2.24) is 5.32 Å². The molecule has 0 saturated heterocycles. The van der Waals surface area contributed by atoms with E-state index in [9.17, 15) is 0 Å². The standard InChI is InChI=1S/C18H24N2S/c1-12-4-2-3-5-16(12)19-17(21)20-18-9-13-6-14(10-18)8-15(7-13)11-18/h2-5,13-15H,6-11H2,1H3,(H2,19,20,21). The first-order chi connectivity index (χ1) is 10.1. The maximum absolute atomic E-state index is 5.61. The molecule has 112 valence electrons. The van der Waals surface area contributed by atoms with Crippen LogP contribution < -0.4 is 10.6 Å². The fourth-order valence-corrected chi connectivity index (χ4v) is 5.70. The number of anilines is 1. The normalized spacial score (nSPS) is 36.5. The van der Waals surface area contributed by atoms with Gasteiger partial charge in [-0.15, -0.1) is 0 Å². The minimum Gasteiger partial charge on any atom is -0.357 e. The van der Waals surface area contributed by atoms with Gasteiger partial charge in [0.05, 0.1) is 0 Å². The number of hydrogen-bond acceptors (Lipinski definition) is 1. The molecule has 4 bridgehead atoms. The summed E-state index contributed by atoms with van der Waals surface area (Å²) in [6, 6.07) is 8.34. The Labute approximate surface area is 132 Å². The van der Waals surface area contributed by atoms with Crippen molar-refractivity contribution in [2.24, 2.45) is 17.8 Å². The Balaban J connectivity index is 1.46. The third-order valence-corrected chi connectivity index (χ3v) is 6.01. The molecule has 0 aliphatic heterocycles. The van der Waals surface area contributed by atoms with Gasteiger partial charge in [0.2, 0.25) is 0 Å². The first-order valence-corrected chi connectivity index (χ1v) is 8.67. The second-order valence-electron chi connectivity index (χ2n) is 7.59. The van der Waals surface area contributed by atoms with E-state index in [0.717, 1.165) is 28.6 Å². The number of rotatable bonds is 2. The van der Waals surface area contributed by atoms with Crippen molar-refractivity contribution in [3.63, 3.8) is 0 Å². The molecule has 0 atom stereocenters. The maximum atomic E-state index is 5.61. The molecule has 0 heterocycles. The van der Waals surface area contributed by atoms with E-state index in [1.165, 1.54) is 44.1 Å². The van der Waals surface area contributed by atoms with Crippen molar-refractivity contribution >= 4 is 23.0 Å². The number of benzene rings is 1. The predicted molar refractivity (Wildman–Crippen MR) is 91.4 cm³/mol. The molecule has 0 radical (unpaired) electrons. The van der Waals surface area contributed by atoms with Crippen molar-refractivity contribution in [3.05, 3.63) is 29.8 Å². The highest BCUT2D eigenvalue weighted by molar-refractivity contribution is 7.80. The van der Waals surface area contributed by atoms with Crippen molar-refractivity contribution in [2.75, 3.05) is 5.32 Å². The molecule has 4 aliphatic carbocycles. The molecule has 4 aliphatic rings. The summed E-state index contributed by atoms with van der Waals surface area (Å²) in [6.45, 7) is 2.12.